The van der Waals surface area contributed by atoms with Crippen LogP contribution in [0.15, 0.2) is 23.3 Å². The first-order valence-electron chi connectivity index (χ1n) is 12.3. The van der Waals surface area contributed by atoms with E-state index in [1.54, 1.807) is 6.20 Å². The average Bonchev–Trinajstić information content (AvgIpc) is 3.50. The van der Waals surface area contributed by atoms with Gasteiger partial charge in [0, 0.05) is 58.1 Å². The van der Waals surface area contributed by atoms with Gasteiger partial charge in [-0.1, -0.05) is 0 Å². The largest absolute Gasteiger partial charge is 0.477 e. The van der Waals surface area contributed by atoms with E-state index in [9.17, 15) is 4.79 Å². The van der Waals surface area contributed by atoms with E-state index in [1.807, 2.05) is 17.0 Å². The molecule has 1 saturated carbocycles. The summed E-state index contributed by atoms with van der Waals surface area (Å²) in [6, 6.07) is 3.96. The molecule has 1 unspecified atom stereocenters. The average molecular weight is 571 g/mol. The number of carbonyl (C=O) groups is 1. The number of amides is 1. The van der Waals surface area contributed by atoms with Gasteiger partial charge in [-0.15, -0.1) is 24.0 Å². The predicted molar refractivity (Wildman–Crippen MR) is 141 cm³/mol. The number of nitrogens with one attached hydrogen (secondary N) is 1. The lowest BCUT2D eigenvalue weighted by molar-refractivity contribution is -0.135. The third kappa shape index (κ3) is 7.43. The lowest BCUT2D eigenvalue weighted by atomic mass is 10.2. The zero-order valence-electron chi connectivity index (χ0n) is 20.0. The summed E-state index contributed by atoms with van der Waals surface area (Å²) in [4.78, 5) is 28.6. The van der Waals surface area contributed by atoms with Crippen molar-refractivity contribution in [2.24, 2.45) is 10.9 Å². The van der Waals surface area contributed by atoms with Gasteiger partial charge in [0.2, 0.25) is 11.8 Å². The molecule has 4 rings (SSSR count). The van der Waals surface area contributed by atoms with Crippen LogP contribution in [0.5, 0.6) is 5.88 Å². The fraction of sp³-hybridized carbons (Fsp3) is 0.708. The van der Waals surface area contributed by atoms with Crippen molar-refractivity contribution in [3.8, 4) is 5.88 Å². The van der Waals surface area contributed by atoms with Crippen LogP contribution in [-0.4, -0.2) is 90.0 Å². The predicted octanol–water partition coefficient (Wildman–Crippen LogP) is 2.58. The van der Waals surface area contributed by atoms with Gasteiger partial charge in [-0.25, -0.2) is 9.98 Å². The number of rotatable bonds is 8. The van der Waals surface area contributed by atoms with Crippen molar-refractivity contribution in [1.29, 1.82) is 0 Å². The molecule has 0 bridgehead atoms. The van der Waals surface area contributed by atoms with Gasteiger partial charge in [-0.3, -0.25) is 9.69 Å². The van der Waals surface area contributed by atoms with E-state index in [1.165, 1.54) is 12.8 Å². The van der Waals surface area contributed by atoms with Crippen molar-refractivity contribution >= 4 is 35.8 Å². The molecule has 2 aliphatic heterocycles. The van der Waals surface area contributed by atoms with E-state index >= 15 is 0 Å². The van der Waals surface area contributed by atoms with E-state index in [0.29, 0.717) is 18.3 Å². The number of halogens is 1. The number of hydrogen-bond acceptors (Lipinski definition) is 5. The second kappa shape index (κ2) is 12.7. The maximum Gasteiger partial charge on any atom is 0.239 e. The molecule has 1 N–H and O–H groups in total. The quantitative estimate of drug-likeness (QED) is 0.295. The Labute approximate surface area is 215 Å². The van der Waals surface area contributed by atoms with Crippen molar-refractivity contribution in [1.82, 2.24) is 25.0 Å². The summed E-state index contributed by atoms with van der Waals surface area (Å²) in [5.74, 6) is 2.63. The molecule has 8 nitrogen and oxygen atoms in total. The van der Waals surface area contributed by atoms with Gasteiger partial charge < -0.3 is 19.9 Å². The summed E-state index contributed by atoms with van der Waals surface area (Å²) in [6.45, 7) is 11.7. The zero-order chi connectivity index (χ0) is 22.3. The molecule has 3 aliphatic rings. The van der Waals surface area contributed by atoms with Crippen LogP contribution in [0.25, 0.3) is 0 Å². The van der Waals surface area contributed by atoms with Gasteiger partial charge in [-0.05, 0) is 57.1 Å². The van der Waals surface area contributed by atoms with E-state index in [0.717, 1.165) is 76.8 Å². The van der Waals surface area contributed by atoms with Crippen molar-refractivity contribution < 1.29 is 9.53 Å². The van der Waals surface area contributed by atoms with Crippen molar-refractivity contribution in [2.45, 2.75) is 52.1 Å². The van der Waals surface area contributed by atoms with Crippen molar-refractivity contribution in [3.63, 3.8) is 0 Å². The van der Waals surface area contributed by atoms with Gasteiger partial charge in [-0.2, -0.15) is 0 Å². The first kappa shape index (κ1) is 26.0. The zero-order valence-corrected chi connectivity index (χ0v) is 22.4. The summed E-state index contributed by atoms with van der Waals surface area (Å²) >= 11 is 0. The molecule has 1 atom stereocenters. The van der Waals surface area contributed by atoms with E-state index in [-0.39, 0.29) is 35.9 Å². The number of likely N-dealkylation sites (tertiary alicyclic amines) is 1. The fourth-order valence-corrected chi connectivity index (χ4v) is 4.39. The van der Waals surface area contributed by atoms with Crippen LogP contribution in [0.2, 0.25) is 0 Å². The lowest BCUT2D eigenvalue weighted by Gasteiger charge is -2.39. The first-order valence-corrected chi connectivity index (χ1v) is 12.3. The molecule has 2 saturated heterocycles. The summed E-state index contributed by atoms with van der Waals surface area (Å²) in [5, 5.41) is 3.43. The highest BCUT2D eigenvalue weighted by Gasteiger charge is 2.30. The fourth-order valence-electron chi connectivity index (χ4n) is 4.39. The molecule has 3 fully saturated rings. The SMILES string of the molecule is CCNC(=NCc1ccnc(OCC2CC2)c1)N1CCN(C(C)C(=O)N2CCCC2)CC1.I. The Morgan fingerprint density at radius 1 is 1.18 bits per heavy atom. The number of aliphatic imine (C=N–C) groups is 1. The van der Waals surface area contributed by atoms with E-state index in [4.69, 9.17) is 9.73 Å². The maximum absolute atomic E-state index is 12.8. The molecule has 33 heavy (non-hydrogen) atoms. The van der Waals surface area contributed by atoms with Gasteiger partial charge in [0.25, 0.3) is 0 Å². The normalized spacial score (nSPS) is 20.4. The van der Waals surface area contributed by atoms with Crippen LogP contribution >= 0.6 is 24.0 Å². The molecule has 184 valence electrons. The van der Waals surface area contributed by atoms with Gasteiger partial charge in [0.15, 0.2) is 5.96 Å². The minimum Gasteiger partial charge on any atom is -0.477 e. The number of guanidine groups is 1. The Hall–Kier alpha value is -1.62. The molecule has 0 aromatic carbocycles. The standard InChI is InChI=1S/C24H38N6O2.HI/c1-3-25-24(27-17-21-8-9-26-22(16-21)32-18-20-6-7-20)30-14-12-28(13-15-30)19(2)23(31)29-10-4-5-11-29;/h8-9,16,19-20H,3-7,10-15,17-18H2,1-2H3,(H,25,27);1H. The highest BCUT2D eigenvalue weighted by atomic mass is 127. The second-order valence-corrected chi connectivity index (χ2v) is 9.16. The summed E-state index contributed by atoms with van der Waals surface area (Å²) < 4.78 is 5.81. The molecular formula is C24H39IN6O2. The number of aromatic nitrogens is 1. The number of carbonyl (C=O) groups excluding carboxylic acids is 1. The molecule has 1 aromatic heterocycles. The monoisotopic (exact) mass is 570 g/mol. The topological polar surface area (TPSA) is 73.3 Å². The molecule has 1 aliphatic carbocycles. The van der Waals surface area contributed by atoms with Crippen molar-refractivity contribution in [3.05, 3.63) is 23.9 Å². The Morgan fingerprint density at radius 3 is 2.58 bits per heavy atom. The molecular weight excluding hydrogens is 531 g/mol. The first-order chi connectivity index (χ1) is 15.6. The Bertz CT molecular complexity index is 789. The Morgan fingerprint density at radius 2 is 1.91 bits per heavy atom. The lowest BCUT2D eigenvalue weighted by Crippen LogP contribution is -2.57. The molecule has 0 spiro atoms. The number of hydrogen-bond donors (Lipinski definition) is 1. The van der Waals surface area contributed by atoms with Crippen LogP contribution in [0.3, 0.4) is 0 Å². The molecule has 9 heteroatoms. The van der Waals surface area contributed by atoms with E-state index < -0.39 is 0 Å². The third-order valence-corrected chi connectivity index (χ3v) is 6.65. The van der Waals surface area contributed by atoms with Gasteiger partial charge >= 0.3 is 0 Å². The number of nitrogens with zero attached hydrogens (tertiary/aromatic N) is 5. The Kier molecular flexibility index (Phi) is 10.0. The minimum absolute atomic E-state index is 0. The molecule has 3 heterocycles. The van der Waals surface area contributed by atoms with Crippen LogP contribution in [0.4, 0.5) is 0 Å². The minimum atomic E-state index is -0.0411. The maximum atomic E-state index is 12.8. The van der Waals surface area contributed by atoms with E-state index in [2.05, 4.69) is 33.9 Å². The summed E-state index contributed by atoms with van der Waals surface area (Å²) in [7, 11) is 0. The van der Waals surface area contributed by atoms with Gasteiger partial charge in [0.05, 0.1) is 19.2 Å². The van der Waals surface area contributed by atoms with Crippen LogP contribution < -0.4 is 10.1 Å². The summed E-state index contributed by atoms with van der Waals surface area (Å²) in [5.41, 5.74) is 1.10. The molecule has 1 aromatic rings. The van der Waals surface area contributed by atoms with Crippen LogP contribution in [0.1, 0.15) is 45.1 Å². The highest BCUT2D eigenvalue weighted by molar-refractivity contribution is 14.0. The number of ether oxygens (including phenoxy) is 1. The second-order valence-electron chi connectivity index (χ2n) is 9.16. The molecule has 0 radical (unpaired) electrons. The molecule has 1 amide bonds. The number of piperazine rings is 1. The third-order valence-electron chi connectivity index (χ3n) is 6.65. The Balaban J connectivity index is 0.00000306. The highest BCUT2D eigenvalue weighted by Crippen LogP contribution is 2.29. The smallest absolute Gasteiger partial charge is 0.239 e. The van der Waals surface area contributed by atoms with Crippen LogP contribution in [0, 0.1) is 5.92 Å². The number of pyridine rings is 1. The summed E-state index contributed by atoms with van der Waals surface area (Å²) in [6.07, 6.45) is 6.63. The van der Waals surface area contributed by atoms with Crippen molar-refractivity contribution in [2.75, 3.05) is 52.4 Å². The van der Waals surface area contributed by atoms with Crippen LogP contribution in [-0.2, 0) is 11.3 Å². The van der Waals surface area contributed by atoms with Gasteiger partial charge in [0.1, 0.15) is 0 Å².